The number of aromatic nitrogens is 1. The minimum atomic E-state index is -0.0987. The van der Waals surface area contributed by atoms with E-state index in [0.29, 0.717) is 10.2 Å². The highest BCUT2D eigenvalue weighted by Gasteiger charge is 2.28. The number of hydrogen-bond acceptors (Lipinski definition) is 3. The van der Waals surface area contributed by atoms with Crippen LogP contribution in [0.3, 0.4) is 0 Å². The van der Waals surface area contributed by atoms with Crippen LogP contribution in [0.5, 0.6) is 0 Å². The number of carbonyl (C=O) groups is 1. The first-order valence-corrected chi connectivity index (χ1v) is 6.53. The van der Waals surface area contributed by atoms with Crippen LogP contribution >= 0.6 is 15.9 Å². The summed E-state index contributed by atoms with van der Waals surface area (Å²) in [6, 6.07) is 3.47. The Morgan fingerprint density at radius 2 is 2.41 bits per heavy atom. The molecule has 0 radical (unpaired) electrons. The van der Waals surface area contributed by atoms with Crippen molar-refractivity contribution in [1.82, 2.24) is 10.3 Å². The number of pyridine rings is 1. The second-order valence-electron chi connectivity index (χ2n) is 4.32. The highest BCUT2D eigenvalue weighted by molar-refractivity contribution is 9.10. The van der Waals surface area contributed by atoms with Crippen LogP contribution in [-0.4, -0.2) is 28.6 Å². The molecule has 1 amide bonds. The monoisotopic (exact) mass is 298 g/mol. The highest BCUT2D eigenvalue weighted by Crippen LogP contribution is 2.25. The fraction of sp³-hybridized carbons (Fsp3) is 0.500. The lowest BCUT2D eigenvalue weighted by atomic mass is 10.0. The molecule has 0 spiro atoms. The molecule has 1 aliphatic carbocycles. The Hall–Kier alpha value is -0.940. The number of halogens is 1. The Morgan fingerprint density at radius 3 is 3.12 bits per heavy atom. The van der Waals surface area contributed by atoms with Crippen molar-refractivity contribution >= 4 is 21.8 Å². The normalized spacial score (nSPS) is 23.6. The van der Waals surface area contributed by atoms with Crippen LogP contribution in [0, 0.1) is 5.92 Å². The number of nitrogens with one attached hydrogen (secondary N) is 1. The van der Waals surface area contributed by atoms with Gasteiger partial charge in [0.15, 0.2) is 0 Å². The molecular weight excluding hydrogens is 284 g/mol. The quantitative estimate of drug-likeness (QED) is 0.836. The van der Waals surface area contributed by atoms with E-state index in [0.717, 1.165) is 19.3 Å². The Balaban J connectivity index is 2.01. The lowest BCUT2D eigenvalue weighted by molar-refractivity contribution is 0.0916. The number of rotatable bonds is 3. The summed E-state index contributed by atoms with van der Waals surface area (Å²) >= 11 is 3.24. The predicted octanol–water partition coefficient (Wildman–Crippen LogP) is 1.73. The predicted molar refractivity (Wildman–Crippen MR) is 67.6 cm³/mol. The zero-order valence-electron chi connectivity index (χ0n) is 9.40. The summed E-state index contributed by atoms with van der Waals surface area (Å²) in [5, 5.41) is 12.2. The van der Waals surface area contributed by atoms with Crippen molar-refractivity contribution in [1.29, 1.82) is 0 Å². The zero-order chi connectivity index (χ0) is 12.3. The van der Waals surface area contributed by atoms with Gasteiger partial charge < -0.3 is 10.4 Å². The molecule has 0 saturated heterocycles. The SMILES string of the molecule is O=C(NC1CCCC1CO)c1ccnc(Br)c1. The van der Waals surface area contributed by atoms with Crippen molar-refractivity contribution in [3.05, 3.63) is 28.5 Å². The average Bonchev–Trinajstić information content (AvgIpc) is 2.76. The van der Waals surface area contributed by atoms with Gasteiger partial charge >= 0.3 is 0 Å². The molecular formula is C12H15BrN2O2. The molecule has 92 valence electrons. The summed E-state index contributed by atoms with van der Waals surface area (Å²) in [4.78, 5) is 16.0. The van der Waals surface area contributed by atoms with E-state index in [9.17, 15) is 9.90 Å². The third-order valence-electron chi connectivity index (χ3n) is 3.20. The van der Waals surface area contributed by atoms with Gasteiger partial charge in [-0.2, -0.15) is 0 Å². The smallest absolute Gasteiger partial charge is 0.251 e. The molecule has 2 rings (SSSR count). The van der Waals surface area contributed by atoms with E-state index in [4.69, 9.17) is 0 Å². The maximum Gasteiger partial charge on any atom is 0.251 e. The minimum Gasteiger partial charge on any atom is -0.396 e. The molecule has 5 heteroatoms. The maximum absolute atomic E-state index is 12.0. The summed E-state index contributed by atoms with van der Waals surface area (Å²) in [7, 11) is 0. The van der Waals surface area contributed by atoms with Crippen LogP contribution in [0.4, 0.5) is 0 Å². The van der Waals surface area contributed by atoms with Crippen LogP contribution < -0.4 is 5.32 Å². The van der Waals surface area contributed by atoms with E-state index in [1.807, 2.05) is 0 Å². The van der Waals surface area contributed by atoms with Crippen molar-refractivity contribution in [3.63, 3.8) is 0 Å². The van der Waals surface area contributed by atoms with E-state index in [1.54, 1.807) is 18.3 Å². The molecule has 1 aromatic heterocycles. The maximum atomic E-state index is 12.0. The van der Waals surface area contributed by atoms with Crippen molar-refractivity contribution in [3.8, 4) is 0 Å². The van der Waals surface area contributed by atoms with E-state index in [-0.39, 0.29) is 24.5 Å². The van der Waals surface area contributed by atoms with Gasteiger partial charge in [-0.3, -0.25) is 4.79 Å². The molecule has 1 fully saturated rings. The van der Waals surface area contributed by atoms with Gasteiger partial charge in [0.1, 0.15) is 4.60 Å². The minimum absolute atomic E-state index is 0.0967. The molecule has 17 heavy (non-hydrogen) atoms. The topological polar surface area (TPSA) is 62.2 Å². The molecule has 1 saturated carbocycles. The molecule has 4 nitrogen and oxygen atoms in total. The second kappa shape index (κ2) is 5.60. The van der Waals surface area contributed by atoms with Gasteiger partial charge in [0.05, 0.1) is 0 Å². The lowest BCUT2D eigenvalue weighted by Gasteiger charge is -2.18. The van der Waals surface area contributed by atoms with Crippen molar-refractivity contribution in [2.45, 2.75) is 25.3 Å². The Morgan fingerprint density at radius 1 is 1.59 bits per heavy atom. The van der Waals surface area contributed by atoms with Crippen molar-refractivity contribution in [2.24, 2.45) is 5.92 Å². The molecule has 1 heterocycles. The molecule has 1 aromatic rings. The third-order valence-corrected chi connectivity index (χ3v) is 3.63. The van der Waals surface area contributed by atoms with Crippen LogP contribution in [0.2, 0.25) is 0 Å². The third kappa shape index (κ3) is 3.04. The van der Waals surface area contributed by atoms with Gasteiger partial charge in [-0.15, -0.1) is 0 Å². The van der Waals surface area contributed by atoms with Gasteiger partial charge in [0.2, 0.25) is 0 Å². The van der Waals surface area contributed by atoms with Crippen LogP contribution in [0.15, 0.2) is 22.9 Å². The van der Waals surface area contributed by atoms with Crippen molar-refractivity contribution < 1.29 is 9.90 Å². The number of nitrogens with zero attached hydrogens (tertiary/aromatic N) is 1. The first-order chi connectivity index (χ1) is 8.20. The van der Waals surface area contributed by atoms with Gasteiger partial charge in [-0.05, 0) is 40.9 Å². The average molecular weight is 299 g/mol. The first-order valence-electron chi connectivity index (χ1n) is 5.74. The number of aliphatic hydroxyl groups is 1. The summed E-state index contributed by atoms with van der Waals surface area (Å²) in [5.41, 5.74) is 0.593. The van der Waals surface area contributed by atoms with E-state index >= 15 is 0 Å². The zero-order valence-corrected chi connectivity index (χ0v) is 11.0. The van der Waals surface area contributed by atoms with Crippen LogP contribution in [0.25, 0.3) is 0 Å². The van der Waals surface area contributed by atoms with Gasteiger partial charge in [0, 0.05) is 30.3 Å². The number of aliphatic hydroxyl groups excluding tert-OH is 1. The number of amides is 1. The van der Waals surface area contributed by atoms with Crippen LogP contribution in [0.1, 0.15) is 29.6 Å². The largest absolute Gasteiger partial charge is 0.396 e. The molecule has 0 aliphatic heterocycles. The number of carbonyl (C=O) groups excluding carboxylic acids is 1. The first kappa shape index (κ1) is 12.5. The Labute approximate surface area is 109 Å². The Kier molecular flexibility index (Phi) is 4.12. The summed E-state index contributed by atoms with van der Waals surface area (Å²) in [6.07, 6.45) is 4.60. The fourth-order valence-electron chi connectivity index (χ4n) is 2.24. The molecule has 2 atom stereocenters. The second-order valence-corrected chi connectivity index (χ2v) is 5.13. The molecule has 0 bridgehead atoms. The molecule has 2 unspecified atom stereocenters. The standard InChI is InChI=1S/C12H15BrN2O2/c13-11-6-8(4-5-14-11)12(17)15-10-3-1-2-9(10)7-16/h4-6,9-10,16H,1-3,7H2,(H,15,17). The van der Waals surface area contributed by atoms with Crippen molar-refractivity contribution in [2.75, 3.05) is 6.61 Å². The highest BCUT2D eigenvalue weighted by atomic mass is 79.9. The van der Waals surface area contributed by atoms with Gasteiger partial charge in [-0.1, -0.05) is 6.42 Å². The summed E-state index contributed by atoms with van der Waals surface area (Å²) in [6.45, 7) is 0.144. The van der Waals surface area contributed by atoms with Gasteiger partial charge in [-0.25, -0.2) is 4.98 Å². The Bertz CT molecular complexity index is 411. The lowest BCUT2D eigenvalue weighted by Crippen LogP contribution is -2.38. The van der Waals surface area contributed by atoms with E-state index in [1.165, 1.54) is 0 Å². The van der Waals surface area contributed by atoms with Gasteiger partial charge in [0.25, 0.3) is 5.91 Å². The van der Waals surface area contributed by atoms with E-state index in [2.05, 4.69) is 26.2 Å². The molecule has 1 aliphatic rings. The number of hydrogen-bond donors (Lipinski definition) is 2. The van der Waals surface area contributed by atoms with Crippen LogP contribution in [-0.2, 0) is 0 Å². The fourth-order valence-corrected chi connectivity index (χ4v) is 2.61. The van der Waals surface area contributed by atoms with E-state index < -0.39 is 0 Å². The molecule has 0 aromatic carbocycles. The summed E-state index contributed by atoms with van der Waals surface area (Å²) in [5.74, 6) is 0.0997. The summed E-state index contributed by atoms with van der Waals surface area (Å²) < 4.78 is 0.648. The molecule has 2 N–H and O–H groups in total.